The molecule has 0 aromatic heterocycles. The Morgan fingerprint density at radius 2 is 1.84 bits per heavy atom. The average molecular weight is 334 g/mol. The molecular formula is C20H18N2O3. The van der Waals surface area contributed by atoms with Crippen LogP contribution >= 0.6 is 0 Å². The lowest BCUT2D eigenvalue weighted by molar-refractivity contribution is 0.373. The number of ether oxygens (including phenoxy) is 2. The van der Waals surface area contributed by atoms with Crippen LogP contribution in [0.5, 0.6) is 17.2 Å². The highest BCUT2D eigenvalue weighted by atomic mass is 16.5. The number of hydrogen-bond donors (Lipinski definition) is 1. The van der Waals surface area contributed by atoms with Crippen molar-refractivity contribution < 1.29 is 14.6 Å². The lowest BCUT2D eigenvalue weighted by atomic mass is 9.92. The van der Waals surface area contributed by atoms with Crippen molar-refractivity contribution in [3.8, 4) is 29.4 Å². The van der Waals surface area contributed by atoms with Gasteiger partial charge in [0.15, 0.2) is 11.5 Å². The lowest BCUT2D eigenvalue weighted by Crippen LogP contribution is -2.04. The number of nitriles is 2. The summed E-state index contributed by atoms with van der Waals surface area (Å²) < 4.78 is 10.1. The van der Waals surface area contributed by atoms with Gasteiger partial charge in [-0.3, -0.25) is 0 Å². The fourth-order valence-corrected chi connectivity index (χ4v) is 2.41. The Labute approximate surface area is 147 Å². The quantitative estimate of drug-likeness (QED) is 0.814. The third-order valence-electron chi connectivity index (χ3n) is 3.78. The standard InChI is InChI=1S/C20H18N2O3/c1-24-18-6-3-14(4-7-18)9-16(12-21)17(13-22)10-15-5-8-20(25-2)19(23)11-15/h3-8,10-11,16,23H,9H2,1-2H3. The van der Waals surface area contributed by atoms with Crippen molar-refractivity contribution in [2.24, 2.45) is 5.92 Å². The Morgan fingerprint density at radius 1 is 1.12 bits per heavy atom. The third kappa shape index (κ3) is 4.53. The fourth-order valence-electron chi connectivity index (χ4n) is 2.41. The van der Waals surface area contributed by atoms with E-state index in [0.29, 0.717) is 23.3 Å². The minimum atomic E-state index is -0.581. The molecule has 0 saturated heterocycles. The number of aromatic hydroxyl groups is 1. The van der Waals surface area contributed by atoms with Crippen LogP contribution in [0.3, 0.4) is 0 Å². The van der Waals surface area contributed by atoms with Crippen LogP contribution in [0, 0.1) is 28.6 Å². The Hall–Kier alpha value is -3.44. The number of nitrogens with zero attached hydrogens (tertiary/aromatic N) is 2. The van der Waals surface area contributed by atoms with Crippen molar-refractivity contribution in [1.29, 1.82) is 10.5 Å². The normalized spacial score (nSPS) is 11.9. The molecule has 25 heavy (non-hydrogen) atoms. The largest absolute Gasteiger partial charge is 0.504 e. The minimum absolute atomic E-state index is 0.0165. The smallest absolute Gasteiger partial charge is 0.160 e. The molecule has 0 fully saturated rings. The molecule has 0 saturated carbocycles. The number of benzene rings is 2. The minimum Gasteiger partial charge on any atom is -0.504 e. The van der Waals surface area contributed by atoms with E-state index in [2.05, 4.69) is 12.1 Å². The maximum absolute atomic E-state index is 9.84. The molecule has 1 atom stereocenters. The molecule has 0 aliphatic carbocycles. The summed E-state index contributed by atoms with van der Waals surface area (Å²) >= 11 is 0. The van der Waals surface area contributed by atoms with Crippen molar-refractivity contribution in [3.63, 3.8) is 0 Å². The average Bonchev–Trinajstić information content (AvgIpc) is 2.65. The zero-order valence-corrected chi connectivity index (χ0v) is 14.1. The summed E-state index contributed by atoms with van der Waals surface area (Å²) in [6.07, 6.45) is 2.03. The van der Waals surface area contributed by atoms with Gasteiger partial charge in [-0.15, -0.1) is 0 Å². The molecule has 2 aromatic carbocycles. The first-order valence-corrected chi connectivity index (χ1v) is 7.62. The lowest BCUT2D eigenvalue weighted by Gasteiger charge is -2.09. The zero-order valence-electron chi connectivity index (χ0n) is 14.1. The Balaban J connectivity index is 2.25. The summed E-state index contributed by atoms with van der Waals surface area (Å²) in [5.74, 6) is 0.493. The van der Waals surface area contributed by atoms with Gasteiger partial charge in [0.05, 0.1) is 32.3 Å². The van der Waals surface area contributed by atoms with Crippen molar-refractivity contribution in [3.05, 3.63) is 59.2 Å². The van der Waals surface area contributed by atoms with Crippen molar-refractivity contribution in [1.82, 2.24) is 0 Å². The summed E-state index contributed by atoms with van der Waals surface area (Å²) in [6.45, 7) is 0. The van der Waals surface area contributed by atoms with Crippen LogP contribution in [-0.2, 0) is 6.42 Å². The van der Waals surface area contributed by atoms with Crippen molar-refractivity contribution in [2.45, 2.75) is 6.42 Å². The van der Waals surface area contributed by atoms with E-state index in [9.17, 15) is 15.6 Å². The molecule has 2 aromatic rings. The molecule has 1 unspecified atom stereocenters. The van der Waals surface area contributed by atoms with Gasteiger partial charge in [-0.2, -0.15) is 10.5 Å². The topological polar surface area (TPSA) is 86.3 Å². The van der Waals surface area contributed by atoms with Crippen LogP contribution in [0.4, 0.5) is 0 Å². The van der Waals surface area contributed by atoms with Crippen molar-refractivity contribution >= 4 is 6.08 Å². The molecule has 0 spiro atoms. The van der Waals surface area contributed by atoms with Crippen molar-refractivity contribution in [2.75, 3.05) is 14.2 Å². The summed E-state index contributed by atoms with van der Waals surface area (Å²) in [4.78, 5) is 0. The van der Waals surface area contributed by atoms with Gasteiger partial charge in [0, 0.05) is 5.57 Å². The molecule has 126 valence electrons. The first-order chi connectivity index (χ1) is 12.1. The van der Waals surface area contributed by atoms with Crippen LogP contribution in [0.15, 0.2) is 48.0 Å². The van der Waals surface area contributed by atoms with Gasteiger partial charge in [-0.25, -0.2) is 0 Å². The van der Waals surface area contributed by atoms with Crippen LogP contribution in [0.25, 0.3) is 6.08 Å². The zero-order chi connectivity index (χ0) is 18.2. The second kappa shape index (κ2) is 8.42. The van der Waals surface area contributed by atoms with E-state index in [1.807, 2.05) is 24.3 Å². The van der Waals surface area contributed by atoms with Gasteiger partial charge < -0.3 is 14.6 Å². The first kappa shape index (κ1) is 17.9. The van der Waals surface area contributed by atoms with Gasteiger partial charge in [0.2, 0.25) is 0 Å². The monoisotopic (exact) mass is 334 g/mol. The van der Waals surface area contributed by atoms with Gasteiger partial charge in [0.25, 0.3) is 0 Å². The summed E-state index contributed by atoms with van der Waals surface area (Å²) in [6, 6.07) is 16.5. The molecule has 5 heteroatoms. The predicted molar refractivity (Wildman–Crippen MR) is 94.0 cm³/mol. The van der Waals surface area contributed by atoms with Crippen LogP contribution in [0.2, 0.25) is 0 Å². The molecular weight excluding hydrogens is 316 g/mol. The maximum atomic E-state index is 9.84. The molecule has 2 rings (SSSR count). The SMILES string of the molecule is COc1ccc(CC(C#N)C(C#N)=Cc2ccc(OC)c(O)c2)cc1. The Bertz CT molecular complexity index is 843. The van der Waals surface area contributed by atoms with E-state index in [1.165, 1.54) is 13.2 Å². The molecule has 0 bridgehead atoms. The van der Waals surface area contributed by atoms with Crippen LogP contribution in [-0.4, -0.2) is 19.3 Å². The summed E-state index contributed by atoms with van der Waals surface area (Å²) in [5, 5.41) is 28.8. The van der Waals surface area contributed by atoms with Crippen LogP contribution < -0.4 is 9.47 Å². The highest BCUT2D eigenvalue weighted by molar-refractivity contribution is 5.62. The Kier molecular flexibility index (Phi) is 6.03. The number of hydrogen-bond acceptors (Lipinski definition) is 5. The first-order valence-electron chi connectivity index (χ1n) is 7.62. The number of phenolic OH excluding ortho intramolecular Hbond substituents is 1. The molecule has 0 heterocycles. The number of phenols is 1. The molecule has 1 N–H and O–H groups in total. The second-order valence-electron chi connectivity index (χ2n) is 5.38. The van der Waals surface area contributed by atoms with Gasteiger partial charge in [0.1, 0.15) is 5.75 Å². The number of rotatable bonds is 6. The van der Waals surface area contributed by atoms with Gasteiger partial charge in [-0.05, 0) is 47.9 Å². The highest BCUT2D eigenvalue weighted by Crippen LogP contribution is 2.28. The van der Waals surface area contributed by atoms with E-state index in [0.717, 1.165) is 11.3 Å². The van der Waals surface area contributed by atoms with Crippen LogP contribution in [0.1, 0.15) is 11.1 Å². The second-order valence-corrected chi connectivity index (χ2v) is 5.38. The van der Waals surface area contributed by atoms with Gasteiger partial charge in [-0.1, -0.05) is 18.2 Å². The highest BCUT2D eigenvalue weighted by Gasteiger charge is 2.15. The summed E-state index contributed by atoms with van der Waals surface area (Å²) in [7, 11) is 3.06. The van der Waals surface area contributed by atoms with E-state index < -0.39 is 5.92 Å². The fraction of sp³-hybridized carbons (Fsp3) is 0.200. The predicted octanol–water partition coefficient (Wildman–Crippen LogP) is 3.70. The molecule has 0 aliphatic rings. The Morgan fingerprint density at radius 3 is 2.36 bits per heavy atom. The third-order valence-corrected chi connectivity index (χ3v) is 3.78. The van der Waals surface area contributed by atoms with Gasteiger partial charge >= 0.3 is 0 Å². The van der Waals surface area contributed by atoms with E-state index in [4.69, 9.17) is 9.47 Å². The van der Waals surface area contributed by atoms with E-state index >= 15 is 0 Å². The number of allylic oxidation sites excluding steroid dienone is 1. The maximum Gasteiger partial charge on any atom is 0.160 e. The number of methoxy groups -OCH3 is 2. The molecule has 5 nitrogen and oxygen atoms in total. The molecule has 0 radical (unpaired) electrons. The molecule has 0 amide bonds. The van der Waals surface area contributed by atoms with E-state index in [1.54, 1.807) is 25.3 Å². The molecule has 0 aliphatic heterocycles. The van der Waals surface area contributed by atoms with E-state index in [-0.39, 0.29) is 5.75 Å². The summed E-state index contributed by atoms with van der Waals surface area (Å²) in [5.41, 5.74) is 1.90.